The second-order valence-corrected chi connectivity index (χ2v) is 24.3. The molecule has 0 bridgehead atoms. The number of hydrogen-bond donors (Lipinski definition) is 7. The number of ether oxygens (including phenoxy) is 8. The summed E-state index contributed by atoms with van der Waals surface area (Å²) < 4.78 is 46.9. The van der Waals surface area contributed by atoms with Crippen molar-refractivity contribution < 1.29 is 88.4 Å². The van der Waals surface area contributed by atoms with Crippen molar-refractivity contribution in [3.05, 3.63) is 89.5 Å². The number of alkyl carbamates (subject to hydrolysis) is 4. The SMILES string of the molecule is CN(C)c1ccc(C(=C2C=CC(=[N+](C)C)C=C2)c2ccc(OCCCNC(=O)COC(CNC(=O)COC(CNC(=O)OC(C)(C)C)CNC(=O)OC(C)(C)C)CNC(=O)COC(CNC(=O)OC(C)(C)C)CNC(=O)OC(C)(C)C)cc2)cc1.[Cl-]. The zero-order valence-corrected chi connectivity index (χ0v) is 53.8. The first-order valence-corrected chi connectivity index (χ1v) is 28.3. The maximum Gasteiger partial charge on any atom is 0.407 e. The fraction of sp³-hybridized carbons (Fsp3) is 0.574. The van der Waals surface area contributed by atoms with E-state index >= 15 is 0 Å². The number of benzene rings is 2. The maximum absolute atomic E-state index is 13.3. The van der Waals surface area contributed by atoms with Crippen LogP contribution in [0.2, 0.25) is 0 Å². The van der Waals surface area contributed by atoms with E-state index in [1.165, 1.54) is 0 Å². The Kier molecular flexibility index (Phi) is 31.2. The van der Waals surface area contributed by atoms with Gasteiger partial charge in [-0.25, -0.2) is 23.8 Å². The predicted molar refractivity (Wildman–Crippen MR) is 324 cm³/mol. The number of halogens is 1. The normalized spacial score (nSPS) is 12.4. The molecule has 0 spiro atoms. The summed E-state index contributed by atoms with van der Waals surface area (Å²) in [4.78, 5) is 91.5. The van der Waals surface area contributed by atoms with Crippen LogP contribution in [0.25, 0.3) is 5.57 Å². The topological polar surface area (TPSA) is 284 Å². The zero-order valence-electron chi connectivity index (χ0n) is 53.0. The molecule has 7 N–H and O–H groups in total. The molecule has 7 amide bonds. The molecule has 1 aliphatic carbocycles. The fourth-order valence-corrected chi connectivity index (χ4v) is 7.36. The summed E-state index contributed by atoms with van der Waals surface area (Å²) in [5.74, 6) is -1.09. The summed E-state index contributed by atoms with van der Waals surface area (Å²) in [6.07, 6.45) is 3.11. The largest absolute Gasteiger partial charge is 1.00 e. The van der Waals surface area contributed by atoms with Crippen LogP contribution < -0.4 is 59.3 Å². The lowest BCUT2D eigenvalue weighted by atomic mass is 9.90. The first-order valence-electron chi connectivity index (χ1n) is 28.3. The molecule has 0 fully saturated rings. The monoisotopic (exact) mass is 1230 g/mol. The van der Waals surface area contributed by atoms with Gasteiger partial charge in [0, 0.05) is 77.7 Å². The Balaban J connectivity index is 0.0000252. The zero-order chi connectivity index (χ0) is 63.5. The van der Waals surface area contributed by atoms with Crippen LogP contribution in [0.4, 0.5) is 24.9 Å². The molecule has 0 atom stereocenters. The number of rotatable bonds is 29. The number of carbonyl (C=O) groups is 7. The highest BCUT2D eigenvalue weighted by molar-refractivity contribution is 6.04. The van der Waals surface area contributed by atoms with Gasteiger partial charge in [-0.3, -0.25) is 14.4 Å². The van der Waals surface area contributed by atoms with Crippen molar-refractivity contribution in [3.63, 3.8) is 0 Å². The minimum absolute atomic E-state index is 0. The molecule has 2 aromatic rings. The molecule has 0 aromatic heterocycles. The first-order chi connectivity index (χ1) is 39.6. The second-order valence-electron chi connectivity index (χ2n) is 24.3. The Morgan fingerprint density at radius 2 is 0.791 bits per heavy atom. The molecule has 0 aliphatic heterocycles. The number of hydrogen-bond acceptors (Lipinski definition) is 16. The van der Waals surface area contributed by atoms with E-state index in [-0.39, 0.29) is 58.2 Å². The fourth-order valence-electron chi connectivity index (χ4n) is 7.36. The van der Waals surface area contributed by atoms with E-state index in [0.29, 0.717) is 18.8 Å². The highest BCUT2D eigenvalue weighted by atomic mass is 35.5. The van der Waals surface area contributed by atoms with E-state index in [4.69, 9.17) is 37.9 Å². The maximum atomic E-state index is 13.3. The van der Waals surface area contributed by atoms with Crippen molar-refractivity contribution >= 4 is 59.1 Å². The third-order valence-electron chi connectivity index (χ3n) is 11.3. The van der Waals surface area contributed by atoms with Crippen molar-refractivity contribution in [1.29, 1.82) is 0 Å². The van der Waals surface area contributed by atoms with Crippen LogP contribution in [0.15, 0.2) is 78.4 Å². The minimum atomic E-state index is -0.977. The molecule has 0 radical (unpaired) electrons. The Morgan fingerprint density at radius 1 is 0.465 bits per heavy atom. The van der Waals surface area contributed by atoms with E-state index in [0.717, 1.165) is 33.7 Å². The Morgan fingerprint density at radius 3 is 1.12 bits per heavy atom. The number of amides is 7. The summed E-state index contributed by atoms with van der Waals surface area (Å²) in [7, 11) is 8.03. The molecule has 25 heteroatoms. The molecule has 480 valence electrons. The molecule has 0 heterocycles. The molecule has 86 heavy (non-hydrogen) atoms. The van der Waals surface area contributed by atoms with Gasteiger partial charge in [-0.05, 0) is 148 Å². The van der Waals surface area contributed by atoms with Crippen molar-refractivity contribution in [2.24, 2.45) is 0 Å². The average Bonchev–Trinajstić information content (AvgIpc) is 2.67. The summed E-state index contributed by atoms with van der Waals surface area (Å²) in [6, 6.07) is 16.3. The van der Waals surface area contributed by atoms with Gasteiger partial charge < -0.3 is 92.4 Å². The van der Waals surface area contributed by atoms with Gasteiger partial charge in [0.1, 0.15) is 62.1 Å². The van der Waals surface area contributed by atoms with Crippen LogP contribution >= 0.6 is 0 Å². The van der Waals surface area contributed by atoms with Crippen molar-refractivity contribution in [2.45, 2.75) is 130 Å². The summed E-state index contributed by atoms with van der Waals surface area (Å²) in [5.41, 5.74) is 3.25. The van der Waals surface area contributed by atoms with Crippen molar-refractivity contribution in [2.75, 3.05) is 105 Å². The van der Waals surface area contributed by atoms with Crippen LogP contribution in [-0.4, -0.2) is 194 Å². The van der Waals surface area contributed by atoms with Crippen molar-refractivity contribution in [3.8, 4) is 5.75 Å². The van der Waals surface area contributed by atoms with Crippen molar-refractivity contribution in [1.82, 2.24) is 37.2 Å². The van der Waals surface area contributed by atoms with E-state index in [1.54, 1.807) is 83.1 Å². The quantitative estimate of drug-likeness (QED) is 0.0350. The van der Waals surface area contributed by atoms with Crippen LogP contribution in [0.3, 0.4) is 0 Å². The van der Waals surface area contributed by atoms with E-state index in [9.17, 15) is 33.6 Å². The first kappa shape index (κ1) is 74.7. The number of nitrogens with zero attached hydrogens (tertiary/aromatic N) is 2. The predicted octanol–water partition coefficient (Wildman–Crippen LogP) is 2.77. The van der Waals surface area contributed by atoms with Crippen LogP contribution in [0, 0.1) is 0 Å². The second kappa shape index (κ2) is 35.9. The molecule has 1 aliphatic rings. The van der Waals surface area contributed by atoms with E-state index in [1.807, 2.05) is 52.5 Å². The lowest BCUT2D eigenvalue weighted by Gasteiger charge is -2.24. The van der Waals surface area contributed by atoms with Gasteiger partial charge in [-0.1, -0.05) is 24.3 Å². The van der Waals surface area contributed by atoms with E-state index in [2.05, 4.69) is 95.3 Å². The number of anilines is 1. The number of nitrogens with one attached hydrogen (secondary N) is 7. The number of allylic oxidation sites excluding steroid dienone is 5. The molecule has 0 saturated heterocycles. The standard InChI is InChI=1S/C61H93N9O15.ClH/c1-58(2,3)82-54(74)65-34-48(35-66-55(75)83-59(4,5)6)80-39-51(72)63-32-47(33-64-52(73)40-81-49(36-67-56(76)84-60(7,8)9)37-68-57(77)85-61(10,11)12)79-38-50(71)62-30-17-31-78-46-28-22-43(23-29-46)53(41-18-24-44(25-19-41)69(13)14)42-20-26-45(27-21-42)70(15)16;/h18-29,47-49H,17,30-40H2,1-16H3,(H6-,62,63,64,65,66,67,68,71,72,73,74,75,76,77);1H. The molecule has 3 rings (SSSR count). The summed E-state index contributed by atoms with van der Waals surface area (Å²) >= 11 is 0. The Labute approximate surface area is 513 Å². The highest BCUT2D eigenvalue weighted by Crippen LogP contribution is 2.32. The van der Waals surface area contributed by atoms with Crippen LogP contribution in [0.5, 0.6) is 5.75 Å². The van der Waals surface area contributed by atoms with Gasteiger partial charge in [0.05, 0.1) is 24.9 Å². The lowest BCUT2D eigenvalue weighted by molar-refractivity contribution is -0.462. The molecular formula is C61H94ClN9O15. The average molecular weight is 1230 g/mol. The summed E-state index contributed by atoms with van der Waals surface area (Å²) in [5, 5.41) is 18.4. The van der Waals surface area contributed by atoms with Gasteiger partial charge in [0.25, 0.3) is 0 Å². The molecule has 0 saturated carbocycles. The molecular weight excluding hydrogens is 1130 g/mol. The van der Waals surface area contributed by atoms with Crippen LogP contribution in [0.1, 0.15) is 101 Å². The summed E-state index contributed by atoms with van der Waals surface area (Å²) in [6.45, 7) is 18.3. The number of carbonyl (C=O) groups excluding carboxylic acids is 7. The van der Waals surface area contributed by atoms with Gasteiger partial charge >= 0.3 is 24.4 Å². The van der Waals surface area contributed by atoms with Gasteiger partial charge in [-0.15, -0.1) is 0 Å². The van der Waals surface area contributed by atoms with E-state index < -0.39 is 103 Å². The molecule has 0 unspecified atom stereocenters. The lowest BCUT2D eigenvalue weighted by Crippen LogP contribution is -3.00. The van der Waals surface area contributed by atoms with Crippen LogP contribution in [-0.2, 0) is 47.5 Å². The highest BCUT2D eigenvalue weighted by Gasteiger charge is 2.25. The van der Waals surface area contributed by atoms with Gasteiger partial charge in [0.15, 0.2) is 5.71 Å². The van der Waals surface area contributed by atoms with Gasteiger partial charge in [0.2, 0.25) is 17.7 Å². The molecule has 2 aromatic carbocycles. The Hall–Kier alpha value is -7.41. The smallest absolute Gasteiger partial charge is 0.407 e. The Bertz CT molecular complexity index is 2480. The molecule has 24 nitrogen and oxygen atoms in total. The van der Waals surface area contributed by atoms with Gasteiger partial charge in [-0.2, -0.15) is 0 Å². The third kappa shape index (κ3) is 32.8. The third-order valence-corrected chi connectivity index (χ3v) is 11.3. The minimum Gasteiger partial charge on any atom is -1.00 e.